The minimum atomic E-state index is -1.88. The molecule has 0 saturated heterocycles. The fourth-order valence-corrected chi connectivity index (χ4v) is 2.89. The number of aliphatic hydroxyl groups is 1. The summed E-state index contributed by atoms with van der Waals surface area (Å²) in [6.07, 6.45) is 1.43. The standard InChI is InChI=1S/C14H30O3Si/c1-9-12(16-6)13(11(2)10-15)17-18(7,8)14(3,4)5/h9,11-13,15H,1,10H2,2-8H3/t11-,12+,13+/m1/s1. The van der Waals surface area contributed by atoms with Crippen LogP contribution in [0.15, 0.2) is 12.7 Å². The van der Waals surface area contributed by atoms with Crippen LogP contribution in [0.5, 0.6) is 0 Å². The molecule has 0 aromatic carbocycles. The highest BCUT2D eigenvalue weighted by molar-refractivity contribution is 6.74. The molecule has 108 valence electrons. The zero-order valence-corrected chi connectivity index (χ0v) is 14.0. The topological polar surface area (TPSA) is 38.7 Å². The zero-order valence-electron chi connectivity index (χ0n) is 13.0. The Morgan fingerprint density at radius 2 is 1.83 bits per heavy atom. The summed E-state index contributed by atoms with van der Waals surface area (Å²) < 4.78 is 11.8. The fourth-order valence-electron chi connectivity index (χ4n) is 1.49. The van der Waals surface area contributed by atoms with Gasteiger partial charge in [0.25, 0.3) is 0 Å². The maximum absolute atomic E-state index is 9.39. The van der Waals surface area contributed by atoms with Crippen molar-refractivity contribution in [3.63, 3.8) is 0 Å². The molecule has 0 aromatic heterocycles. The minimum Gasteiger partial charge on any atom is -0.411 e. The van der Waals surface area contributed by atoms with E-state index < -0.39 is 8.32 Å². The van der Waals surface area contributed by atoms with Crippen molar-refractivity contribution in [2.24, 2.45) is 5.92 Å². The smallest absolute Gasteiger partial charge is 0.192 e. The molecule has 3 nitrogen and oxygen atoms in total. The lowest BCUT2D eigenvalue weighted by Gasteiger charge is -2.42. The van der Waals surface area contributed by atoms with E-state index in [0.29, 0.717) is 0 Å². The Bertz CT molecular complexity index is 258. The highest BCUT2D eigenvalue weighted by Gasteiger charge is 2.41. The molecule has 0 unspecified atom stereocenters. The first-order valence-electron chi connectivity index (χ1n) is 6.54. The van der Waals surface area contributed by atoms with Crippen LogP contribution in [0.4, 0.5) is 0 Å². The van der Waals surface area contributed by atoms with Gasteiger partial charge in [0.2, 0.25) is 0 Å². The third kappa shape index (κ3) is 4.50. The van der Waals surface area contributed by atoms with Crippen molar-refractivity contribution in [3.05, 3.63) is 12.7 Å². The van der Waals surface area contributed by atoms with Crippen LogP contribution < -0.4 is 0 Å². The van der Waals surface area contributed by atoms with Gasteiger partial charge in [-0.3, -0.25) is 0 Å². The van der Waals surface area contributed by atoms with E-state index in [9.17, 15) is 5.11 Å². The van der Waals surface area contributed by atoms with Crippen molar-refractivity contribution >= 4 is 8.32 Å². The Kier molecular flexibility index (Phi) is 6.78. The van der Waals surface area contributed by atoms with E-state index in [-0.39, 0.29) is 29.8 Å². The van der Waals surface area contributed by atoms with Gasteiger partial charge in [0, 0.05) is 19.6 Å². The number of ether oxygens (including phenoxy) is 1. The largest absolute Gasteiger partial charge is 0.411 e. The van der Waals surface area contributed by atoms with Gasteiger partial charge in [-0.1, -0.05) is 33.8 Å². The number of methoxy groups -OCH3 is 1. The van der Waals surface area contributed by atoms with Gasteiger partial charge >= 0.3 is 0 Å². The van der Waals surface area contributed by atoms with Gasteiger partial charge in [0.15, 0.2) is 8.32 Å². The van der Waals surface area contributed by atoms with Crippen molar-refractivity contribution in [2.45, 2.75) is 58.0 Å². The molecule has 0 aromatic rings. The second kappa shape index (κ2) is 6.85. The van der Waals surface area contributed by atoms with Crippen molar-refractivity contribution in [2.75, 3.05) is 13.7 Å². The third-order valence-electron chi connectivity index (χ3n) is 3.91. The van der Waals surface area contributed by atoms with Crippen molar-refractivity contribution < 1.29 is 14.3 Å². The van der Waals surface area contributed by atoms with E-state index in [1.165, 1.54) is 0 Å². The summed E-state index contributed by atoms with van der Waals surface area (Å²) in [5.41, 5.74) is 0. The van der Waals surface area contributed by atoms with E-state index in [2.05, 4.69) is 40.4 Å². The molecule has 0 amide bonds. The second-order valence-corrected chi connectivity index (χ2v) is 11.2. The summed E-state index contributed by atoms with van der Waals surface area (Å²) >= 11 is 0. The maximum atomic E-state index is 9.39. The predicted molar refractivity (Wildman–Crippen MR) is 79.3 cm³/mol. The first kappa shape index (κ1) is 17.8. The van der Waals surface area contributed by atoms with Gasteiger partial charge in [-0.2, -0.15) is 0 Å². The molecule has 0 fully saturated rings. The van der Waals surface area contributed by atoms with E-state index in [4.69, 9.17) is 9.16 Å². The van der Waals surface area contributed by atoms with Crippen LogP contribution in [0.25, 0.3) is 0 Å². The summed E-state index contributed by atoms with van der Waals surface area (Å²) in [5, 5.41) is 9.53. The molecule has 0 heterocycles. The summed E-state index contributed by atoms with van der Waals surface area (Å²) in [6.45, 7) is 16.9. The van der Waals surface area contributed by atoms with Gasteiger partial charge in [-0.05, 0) is 18.1 Å². The summed E-state index contributed by atoms with van der Waals surface area (Å²) in [4.78, 5) is 0. The van der Waals surface area contributed by atoms with Crippen LogP contribution in [0.2, 0.25) is 18.1 Å². The third-order valence-corrected chi connectivity index (χ3v) is 8.39. The van der Waals surface area contributed by atoms with E-state index in [1.54, 1.807) is 13.2 Å². The van der Waals surface area contributed by atoms with Crippen LogP contribution in [-0.2, 0) is 9.16 Å². The molecule has 4 heteroatoms. The molecular formula is C14H30O3Si. The minimum absolute atomic E-state index is 0.0297. The van der Waals surface area contributed by atoms with Gasteiger partial charge in [0.05, 0.1) is 6.10 Å². The average Bonchev–Trinajstić information content (AvgIpc) is 2.26. The Morgan fingerprint density at radius 3 is 2.11 bits per heavy atom. The van der Waals surface area contributed by atoms with Gasteiger partial charge in [0.1, 0.15) is 6.10 Å². The molecule has 0 rings (SSSR count). The summed E-state index contributed by atoms with van der Waals surface area (Å²) in [7, 11) is -0.230. The second-order valence-electron chi connectivity index (χ2n) is 6.44. The normalized spacial score (nSPS) is 18.2. The molecule has 18 heavy (non-hydrogen) atoms. The van der Waals surface area contributed by atoms with E-state index >= 15 is 0 Å². The predicted octanol–water partition coefficient (Wildman–Crippen LogP) is 3.21. The molecule has 0 radical (unpaired) electrons. The lowest BCUT2D eigenvalue weighted by atomic mass is 10.0. The molecule has 0 spiro atoms. The van der Waals surface area contributed by atoms with Gasteiger partial charge < -0.3 is 14.3 Å². The quantitative estimate of drug-likeness (QED) is 0.572. The Labute approximate surface area is 113 Å². The van der Waals surface area contributed by atoms with Crippen molar-refractivity contribution in [1.82, 2.24) is 0 Å². The molecule has 0 saturated carbocycles. The van der Waals surface area contributed by atoms with Gasteiger partial charge in [-0.25, -0.2) is 0 Å². The monoisotopic (exact) mass is 274 g/mol. The summed E-state index contributed by atoms with van der Waals surface area (Å²) in [5.74, 6) is 0.0297. The Balaban J connectivity index is 5.06. The lowest BCUT2D eigenvalue weighted by Crippen LogP contribution is -2.49. The average molecular weight is 274 g/mol. The molecule has 1 N–H and O–H groups in total. The maximum Gasteiger partial charge on any atom is 0.192 e. The van der Waals surface area contributed by atoms with Crippen LogP contribution in [0.3, 0.4) is 0 Å². The molecule has 0 aliphatic rings. The Morgan fingerprint density at radius 1 is 1.33 bits per heavy atom. The van der Waals surface area contributed by atoms with Crippen LogP contribution in [0, 0.1) is 5.92 Å². The van der Waals surface area contributed by atoms with E-state index in [1.807, 2.05) is 6.92 Å². The number of hydrogen-bond donors (Lipinski definition) is 1. The van der Waals surface area contributed by atoms with Crippen molar-refractivity contribution in [1.29, 1.82) is 0 Å². The first-order chi connectivity index (χ1) is 8.10. The lowest BCUT2D eigenvalue weighted by molar-refractivity contribution is -0.0172. The number of rotatable bonds is 7. The van der Waals surface area contributed by atoms with E-state index in [0.717, 1.165) is 0 Å². The van der Waals surface area contributed by atoms with Crippen LogP contribution in [-0.4, -0.2) is 39.3 Å². The van der Waals surface area contributed by atoms with Crippen LogP contribution in [0.1, 0.15) is 27.7 Å². The first-order valence-corrected chi connectivity index (χ1v) is 9.45. The Hall–Kier alpha value is -0.163. The highest BCUT2D eigenvalue weighted by atomic mass is 28.4. The molecule has 0 aliphatic heterocycles. The van der Waals surface area contributed by atoms with Gasteiger partial charge in [-0.15, -0.1) is 6.58 Å². The number of hydrogen-bond acceptors (Lipinski definition) is 3. The summed E-state index contributed by atoms with van der Waals surface area (Å²) in [6, 6.07) is 0. The fraction of sp³-hybridized carbons (Fsp3) is 0.857. The molecular weight excluding hydrogens is 244 g/mol. The molecule has 3 atom stereocenters. The zero-order chi connectivity index (χ0) is 14.6. The molecule has 0 bridgehead atoms. The highest BCUT2D eigenvalue weighted by Crippen LogP contribution is 2.38. The van der Waals surface area contributed by atoms with Crippen molar-refractivity contribution in [3.8, 4) is 0 Å². The SMILES string of the molecule is C=C[C@H](OC)[C@@H](O[Si](C)(C)C(C)(C)C)[C@H](C)CO. The number of aliphatic hydroxyl groups excluding tert-OH is 1. The van der Waals surface area contributed by atoms with Crippen LogP contribution >= 0.6 is 0 Å². The molecule has 0 aliphatic carbocycles.